The minimum atomic E-state index is -3.90. The smallest absolute Gasteiger partial charge is 0.302 e. The van der Waals surface area contributed by atoms with E-state index in [0.717, 1.165) is 0 Å². The first-order valence-electron chi connectivity index (χ1n) is 1.98. The van der Waals surface area contributed by atoms with Crippen LogP contribution in [-0.4, -0.2) is 11.5 Å². The Labute approximate surface area is 47.0 Å². The van der Waals surface area contributed by atoms with Crippen LogP contribution in [0.4, 0.5) is 0 Å². The third-order valence-corrected chi connectivity index (χ3v) is 1.28. The van der Waals surface area contributed by atoms with E-state index < -0.39 is 7.82 Å². The summed E-state index contributed by atoms with van der Waals surface area (Å²) >= 11 is 0. The van der Waals surface area contributed by atoms with Gasteiger partial charge in [0.25, 0.3) is 0 Å². The van der Waals surface area contributed by atoms with Crippen LogP contribution in [0.2, 0.25) is 0 Å². The van der Waals surface area contributed by atoms with Crippen molar-refractivity contribution in [3.8, 4) is 0 Å². The van der Waals surface area contributed by atoms with Crippen molar-refractivity contribution in [3.63, 3.8) is 0 Å². The molecular formula is C2H8NO4P. The van der Waals surface area contributed by atoms with E-state index in [1.54, 1.807) is 6.92 Å². The van der Waals surface area contributed by atoms with E-state index in [1.807, 2.05) is 0 Å². The second-order valence-electron chi connectivity index (χ2n) is 0.992. The highest BCUT2D eigenvalue weighted by molar-refractivity contribution is 7.47. The summed E-state index contributed by atoms with van der Waals surface area (Å²) in [4.78, 5) is 8.31. The Balaban J connectivity index is 3.55. The standard InChI is InChI=1S/C2H8NO4P/c1-2-6-8(4,5)7-3/h2-3H2,1H3,(H,4,5). The summed E-state index contributed by atoms with van der Waals surface area (Å²) in [5.74, 6) is 4.35. The van der Waals surface area contributed by atoms with Crippen LogP contribution in [0.5, 0.6) is 0 Å². The van der Waals surface area contributed by atoms with Crippen LogP contribution in [0.3, 0.4) is 0 Å². The van der Waals surface area contributed by atoms with Crippen molar-refractivity contribution in [2.75, 3.05) is 6.61 Å². The predicted octanol–water partition coefficient (Wildman–Crippen LogP) is 0.0136. The summed E-state index contributed by atoms with van der Waals surface area (Å²) in [5.41, 5.74) is 0. The molecule has 0 aromatic carbocycles. The average molecular weight is 141 g/mol. The molecule has 0 spiro atoms. The SMILES string of the molecule is CCOP(=O)(O)ON. The van der Waals surface area contributed by atoms with Gasteiger partial charge in [-0.1, -0.05) is 0 Å². The third kappa shape index (κ3) is 3.12. The Morgan fingerprint density at radius 3 is 2.50 bits per heavy atom. The van der Waals surface area contributed by atoms with E-state index in [0.29, 0.717) is 0 Å². The molecule has 0 aliphatic carbocycles. The highest BCUT2D eigenvalue weighted by Crippen LogP contribution is 2.40. The van der Waals surface area contributed by atoms with Gasteiger partial charge in [-0.2, -0.15) is 0 Å². The van der Waals surface area contributed by atoms with Crippen LogP contribution < -0.4 is 5.90 Å². The number of rotatable bonds is 3. The molecule has 0 aliphatic rings. The van der Waals surface area contributed by atoms with Gasteiger partial charge < -0.3 is 4.89 Å². The van der Waals surface area contributed by atoms with Crippen molar-refractivity contribution in [1.29, 1.82) is 0 Å². The van der Waals surface area contributed by atoms with Gasteiger partial charge in [0.1, 0.15) is 0 Å². The van der Waals surface area contributed by atoms with Crippen molar-refractivity contribution in [1.82, 2.24) is 0 Å². The summed E-state index contributed by atoms with van der Waals surface area (Å²) in [6.07, 6.45) is 0. The van der Waals surface area contributed by atoms with E-state index >= 15 is 0 Å². The van der Waals surface area contributed by atoms with Gasteiger partial charge in [-0.05, 0) is 6.92 Å². The van der Waals surface area contributed by atoms with Gasteiger partial charge >= 0.3 is 7.82 Å². The molecule has 8 heavy (non-hydrogen) atoms. The molecule has 0 heterocycles. The van der Waals surface area contributed by atoms with Crippen LogP contribution in [0.25, 0.3) is 0 Å². The molecule has 50 valence electrons. The van der Waals surface area contributed by atoms with E-state index in [-0.39, 0.29) is 6.61 Å². The number of nitrogens with two attached hydrogens (primary N) is 1. The number of hydrogen-bond donors (Lipinski definition) is 2. The summed E-state index contributed by atoms with van der Waals surface area (Å²) in [6, 6.07) is 0. The quantitative estimate of drug-likeness (QED) is 0.427. The lowest BCUT2D eigenvalue weighted by atomic mass is 10.9. The van der Waals surface area contributed by atoms with Crippen LogP contribution >= 0.6 is 7.82 Å². The van der Waals surface area contributed by atoms with Gasteiger partial charge in [-0.3, -0.25) is 4.52 Å². The number of phosphoric acid groups is 1. The largest absolute Gasteiger partial charge is 0.488 e. The first-order valence-corrected chi connectivity index (χ1v) is 3.47. The second kappa shape index (κ2) is 3.17. The molecule has 0 bridgehead atoms. The summed E-state index contributed by atoms with van der Waals surface area (Å²) in [5, 5.41) is 0. The van der Waals surface area contributed by atoms with Crippen molar-refractivity contribution in [2.45, 2.75) is 6.92 Å². The summed E-state index contributed by atoms with van der Waals surface area (Å²) < 4.78 is 17.9. The minimum Gasteiger partial charge on any atom is -0.302 e. The molecule has 0 saturated carbocycles. The van der Waals surface area contributed by atoms with Gasteiger partial charge in [0.05, 0.1) is 6.61 Å². The maximum atomic E-state index is 10.2. The Kier molecular flexibility index (Phi) is 3.19. The molecule has 0 saturated heterocycles. The number of phosphoric ester groups is 1. The zero-order chi connectivity index (χ0) is 6.62. The molecular weight excluding hydrogens is 133 g/mol. The normalized spacial score (nSPS) is 17.9. The zero-order valence-electron chi connectivity index (χ0n) is 4.40. The van der Waals surface area contributed by atoms with Gasteiger partial charge in [0, 0.05) is 0 Å². The van der Waals surface area contributed by atoms with Gasteiger partial charge in [0.2, 0.25) is 0 Å². The lowest BCUT2D eigenvalue weighted by molar-refractivity contribution is 0.157. The van der Waals surface area contributed by atoms with Gasteiger partial charge in [0.15, 0.2) is 0 Å². The van der Waals surface area contributed by atoms with Crippen molar-refractivity contribution in [3.05, 3.63) is 0 Å². The summed E-state index contributed by atoms with van der Waals surface area (Å²) in [7, 11) is -3.90. The Hall–Kier alpha value is 0.0700. The molecule has 0 aromatic rings. The zero-order valence-corrected chi connectivity index (χ0v) is 5.30. The van der Waals surface area contributed by atoms with Crippen molar-refractivity contribution < 1.29 is 18.6 Å². The minimum absolute atomic E-state index is 0.102. The molecule has 3 N–H and O–H groups in total. The summed E-state index contributed by atoms with van der Waals surface area (Å²) in [6.45, 7) is 1.66. The fourth-order valence-electron chi connectivity index (χ4n) is 0.194. The van der Waals surface area contributed by atoms with Crippen LogP contribution in [0, 0.1) is 0 Å². The molecule has 1 unspecified atom stereocenters. The fourth-order valence-corrected chi connectivity index (χ4v) is 0.581. The second-order valence-corrected chi connectivity index (χ2v) is 2.40. The van der Waals surface area contributed by atoms with E-state index in [2.05, 4.69) is 15.0 Å². The lowest BCUT2D eigenvalue weighted by Gasteiger charge is -2.03. The molecule has 5 nitrogen and oxygen atoms in total. The molecule has 0 rings (SSSR count). The monoisotopic (exact) mass is 141 g/mol. The molecule has 0 amide bonds. The average Bonchev–Trinajstić information content (AvgIpc) is 1.67. The van der Waals surface area contributed by atoms with E-state index in [9.17, 15) is 4.57 Å². The van der Waals surface area contributed by atoms with Gasteiger partial charge in [-0.15, -0.1) is 0 Å². The molecule has 0 aliphatic heterocycles. The maximum absolute atomic E-state index is 10.2. The van der Waals surface area contributed by atoms with Crippen molar-refractivity contribution in [2.24, 2.45) is 5.90 Å². The molecule has 1 atom stereocenters. The highest BCUT2D eigenvalue weighted by Gasteiger charge is 2.16. The molecule has 0 radical (unpaired) electrons. The Morgan fingerprint density at radius 1 is 1.88 bits per heavy atom. The molecule has 0 fully saturated rings. The molecule has 6 heteroatoms. The topological polar surface area (TPSA) is 81.8 Å². The van der Waals surface area contributed by atoms with Crippen LogP contribution in [-0.2, 0) is 13.7 Å². The first kappa shape index (κ1) is 8.07. The highest BCUT2D eigenvalue weighted by atomic mass is 31.2. The number of hydrogen-bond acceptors (Lipinski definition) is 4. The van der Waals surface area contributed by atoms with E-state index in [1.165, 1.54) is 0 Å². The molecule has 0 aromatic heterocycles. The third-order valence-electron chi connectivity index (χ3n) is 0.425. The van der Waals surface area contributed by atoms with Gasteiger partial charge in [-0.25, -0.2) is 15.1 Å². The van der Waals surface area contributed by atoms with Crippen LogP contribution in [0.1, 0.15) is 6.92 Å². The fraction of sp³-hybridized carbons (Fsp3) is 1.00. The van der Waals surface area contributed by atoms with Crippen molar-refractivity contribution >= 4 is 7.82 Å². The lowest BCUT2D eigenvalue weighted by Crippen LogP contribution is -1.99. The van der Waals surface area contributed by atoms with E-state index in [4.69, 9.17) is 4.89 Å². The maximum Gasteiger partial charge on any atom is 0.488 e. The van der Waals surface area contributed by atoms with Crippen LogP contribution in [0.15, 0.2) is 0 Å². The predicted molar refractivity (Wildman–Crippen MR) is 26.7 cm³/mol. The first-order chi connectivity index (χ1) is 3.62. The Bertz CT molecular complexity index is 104. The Morgan fingerprint density at radius 2 is 2.38 bits per heavy atom.